The van der Waals surface area contributed by atoms with Crippen LogP contribution in [0.3, 0.4) is 0 Å². The highest BCUT2D eigenvalue weighted by atomic mass is 14.8. The Morgan fingerprint density at radius 1 is 0.882 bits per heavy atom. The van der Waals surface area contributed by atoms with Gasteiger partial charge < -0.3 is 5.32 Å². The Morgan fingerprint density at radius 3 is 2.35 bits per heavy atom. The summed E-state index contributed by atoms with van der Waals surface area (Å²) in [7, 11) is 1.97. The molecule has 0 fully saturated rings. The largest absolute Gasteiger partial charge is 0.316 e. The molecular weight excluding hydrogens is 206 g/mol. The van der Waals surface area contributed by atoms with Crippen LogP contribution in [0.15, 0.2) is 42.5 Å². The van der Waals surface area contributed by atoms with Gasteiger partial charge in [0.1, 0.15) is 0 Å². The summed E-state index contributed by atoms with van der Waals surface area (Å²) in [5, 5.41) is 3.18. The fourth-order valence-electron chi connectivity index (χ4n) is 1.99. The zero-order valence-corrected chi connectivity index (χ0v) is 10.7. The van der Waals surface area contributed by atoms with Crippen molar-refractivity contribution >= 4 is 0 Å². The predicted molar refractivity (Wildman–Crippen MR) is 74.1 cm³/mol. The zero-order valence-electron chi connectivity index (χ0n) is 10.7. The fourth-order valence-corrected chi connectivity index (χ4v) is 1.99. The van der Waals surface area contributed by atoms with E-state index >= 15 is 0 Å². The van der Waals surface area contributed by atoms with Crippen LogP contribution >= 0.6 is 0 Å². The van der Waals surface area contributed by atoms with Gasteiger partial charge in [0.15, 0.2) is 0 Å². The van der Waals surface area contributed by atoms with E-state index in [0.29, 0.717) is 0 Å². The molecule has 0 saturated carbocycles. The van der Waals surface area contributed by atoms with Gasteiger partial charge in [0.2, 0.25) is 0 Å². The lowest BCUT2D eigenvalue weighted by Crippen LogP contribution is -2.04. The van der Waals surface area contributed by atoms with Gasteiger partial charge in [-0.1, -0.05) is 36.4 Å². The number of rotatable bonds is 3. The Balaban J connectivity index is 2.38. The molecule has 88 valence electrons. The molecule has 2 rings (SSSR count). The molecule has 1 heteroatoms. The van der Waals surface area contributed by atoms with Gasteiger partial charge in [-0.25, -0.2) is 0 Å². The van der Waals surface area contributed by atoms with Crippen LogP contribution in [-0.4, -0.2) is 7.05 Å². The maximum atomic E-state index is 3.18. The van der Waals surface area contributed by atoms with Crippen LogP contribution in [0.2, 0.25) is 0 Å². The summed E-state index contributed by atoms with van der Waals surface area (Å²) in [6.45, 7) is 5.23. The van der Waals surface area contributed by atoms with Crippen LogP contribution in [-0.2, 0) is 6.54 Å². The highest BCUT2D eigenvalue weighted by molar-refractivity contribution is 5.65. The second-order valence-electron chi connectivity index (χ2n) is 4.53. The van der Waals surface area contributed by atoms with Crippen LogP contribution in [0.5, 0.6) is 0 Å². The first-order valence-corrected chi connectivity index (χ1v) is 6.02. The van der Waals surface area contributed by atoms with E-state index in [4.69, 9.17) is 0 Å². The van der Waals surface area contributed by atoms with E-state index in [-0.39, 0.29) is 0 Å². The van der Waals surface area contributed by atoms with Crippen LogP contribution in [0.25, 0.3) is 11.1 Å². The van der Waals surface area contributed by atoms with Gasteiger partial charge in [-0.15, -0.1) is 0 Å². The van der Waals surface area contributed by atoms with Crippen molar-refractivity contribution in [1.29, 1.82) is 0 Å². The summed E-state index contributed by atoms with van der Waals surface area (Å²) in [5.74, 6) is 0. The average Bonchev–Trinajstić information content (AvgIpc) is 2.33. The highest BCUT2D eigenvalue weighted by Crippen LogP contribution is 2.23. The second-order valence-corrected chi connectivity index (χ2v) is 4.53. The van der Waals surface area contributed by atoms with Crippen molar-refractivity contribution in [3.05, 3.63) is 59.2 Å². The van der Waals surface area contributed by atoms with Gasteiger partial charge in [-0.3, -0.25) is 0 Å². The maximum Gasteiger partial charge on any atom is 0.0202 e. The van der Waals surface area contributed by atoms with Gasteiger partial charge in [0.25, 0.3) is 0 Å². The molecule has 2 aromatic carbocycles. The number of nitrogens with one attached hydrogen (secondary N) is 1. The molecule has 0 aromatic heterocycles. The lowest BCUT2D eigenvalue weighted by molar-refractivity contribution is 0.818. The molecule has 1 N–H and O–H groups in total. The van der Waals surface area contributed by atoms with E-state index in [0.717, 1.165) is 6.54 Å². The quantitative estimate of drug-likeness (QED) is 0.840. The number of hydrogen-bond donors (Lipinski definition) is 1. The Labute approximate surface area is 103 Å². The second kappa shape index (κ2) is 5.15. The summed E-state index contributed by atoms with van der Waals surface area (Å²) in [6, 6.07) is 15.3. The monoisotopic (exact) mass is 225 g/mol. The third kappa shape index (κ3) is 2.75. The molecule has 1 nitrogen and oxygen atoms in total. The Kier molecular flexibility index (Phi) is 3.60. The Hall–Kier alpha value is -1.60. The summed E-state index contributed by atoms with van der Waals surface area (Å²) >= 11 is 0. The van der Waals surface area contributed by atoms with Crippen LogP contribution in [0.4, 0.5) is 0 Å². The molecule has 0 atom stereocenters. The Bertz CT molecular complexity index is 515. The average molecular weight is 225 g/mol. The molecule has 17 heavy (non-hydrogen) atoms. The van der Waals surface area contributed by atoms with Crippen molar-refractivity contribution in [3.8, 4) is 11.1 Å². The van der Waals surface area contributed by atoms with Gasteiger partial charge in [0, 0.05) is 6.54 Å². The third-order valence-electron chi connectivity index (χ3n) is 3.15. The van der Waals surface area contributed by atoms with E-state index in [2.05, 4.69) is 61.6 Å². The first kappa shape index (κ1) is 11.9. The SMILES string of the molecule is CNCc1cccc(-c2ccc(C)c(C)c2)c1. The van der Waals surface area contributed by atoms with Crippen molar-refractivity contribution in [2.75, 3.05) is 7.05 Å². The summed E-state index contributed by atoms with van der Waals surface area (Å²) in [5.41, 5.74) is 6.61. The van der Waals surface area contributed by atoms with Gasteiger partial charge in [0.05, 0.1) is 0 Å². The molecule has 2 aromatic rings. The van der Waals surface area contributed by atoms with Crippen LogP contribution in [0, 0.1) is 13.8 Å². The molecule has 0 aliphatic rings. The van der Waals surface area contributed by atoms with Gasteiger partial charge in [-0.05, 0) is 54.8 Å². The molecule has 0 aliphatic carbocycles. The normalized spacial score (nSPS) is 10.5. The lowest BCUT2D eigenvalue weighted by Gasteiger charge is -2.07. The van der Waals surface area contributed by atoms with Gasteiger partial charge in [-0.2, -0.15) is 0 Å². The minimum absolute atomic E-state index is 0.915. The maximum absolute atomic E-state index is 3.18. The molecular formula is C16H19N. The summed E-state index contributed by atoms with van der Waals surface area (Å²) in [6.07, 6.45) is 0. The molecule has 0 aliphatic heterocycles. The van der Waals surface area contributed by atoms with E-state index < -0.39 is 0 Å². The standard InChI is InChI=1S/C16H19N/c1-12-7-8-16(9-13(12)2)15-6-4-5-14(10-15)11-17-3/h4-10,17H,11H2,1-3H3. The van der Waals surface area contributed by atoms with Crippen molar-refractivity contribution in [1.82, 2.24) is 5.32 Å². The van der Waals surface area contributed by atoms with Crippen molar-refractivity contribution < 1.29 is 0 Å². The van der Waals surface area contributed by atoms with Crippen molar-refractivity contribution in [3.63, 3.8) is 0 Å². The predicted octanol–water partition coefficient (Wildman–Crippen LogP) is 3.69. The lowest BCUT2D eigenvalue weighted by atomic mass is 9.99. The van der Waals surface area contributed by atoms with Crippen LogP contribution in [0.1, 0.15) is 16.7 Å². The number of aryl methyl sites for hydroxylation is 2. The minimum Gasteiger partial charge on any atom is -0.316 e. The zero-order chi connectivity index (χ0) is 12.3. The highest BCUT2D eigenvalue weighted by Gasteiger charge is 2.00. The van der Waals surface area contributed by atoms with Crippen molar-refractivity contribution in [2.24, 2.45) is 0 Å². The summed E-state index contributed by atoms with van der Waals surface area (Å²) in [4.78, 5) is 0. The fraction of sp³-hybridized carbons (Fsp3) is 0.250. The van der Waals surface area contributed by atoms with Crippen LogP contribution < -0.4 is 5.32 Å². The topological polar surface area (TPSA) is 12.0 Å². The van der Waals surface area contributed by atoms with E-state index in [9.17, 15) is 0 Å². The molecule has 0 heterocycles. The number of hydrogen-bond acceptors (Lipinski definition) is 1. The van der Waals surface area contributed by atoms with E-state index in [1.807, 2.05) is 7.05 Å². The molecule has 0 bridgehead atoms. The smallest absolute Gasteiger partial charge is 0.0202 e. The minimum atomic E-state index is 0.915. The van der Waals surface area contributed by atoms with Crippen molar-refractivity contribution in [2.45, 2.75) is 20.4 Å². The van der Waals surface area contributed by atoms with E-state index in [1.54, 1.807) is 0 Å². The summed E-state index contributed by atoms with van der Waals surface area (Å²) < 4.78 is 0. The molecule has 0 saturated heterocycles. The first-order valence-electron chi connectivity index (χ1n) is 6.02. The molecule has 0 amide bonds. The Morgan fingerprint density at radius 2 is 1.65 bits per heavy atom. The van der Waals surface area contributed by atoms with E-state index in [1.165, 1.54) is 27.8 Å². The third-order valence-corrected chi connectivity index (χ3v) is 3.15. The molecule has 0 radical (unpaired) electrons. The molecule has 0 unspecified atom stereocenters. The van der Waals surface area contributed by atoms with Gasteiger partial charge >= 0.3 is 0 Å². The first-order chi connectivity index (χ1) is 8.20. The molecule has 0 spiro atoms. The number of benzene rings is 2.